The zero-order valence-electron chi connectivity index (χ0n) is 22.0. The van der Waals surface area contributed by atoms with Gasteiger partial charge in [0.05, 0.1) is 26.4 Å². The van der Waals surface area contributed by atoms with E-state index < -0.39 is 0 Å². The molecule has 31 heavy (non-hydrogen) atoms. The molecule has 0 aliphatic heterocycles. The smallest absolute Gasteiger partial charge is 0.0538 e. The Labute approximate surface area is 194 Å². The van der Waals surface area contributed by atoms with Crippen molar-refractivity contribution in [2.24, 2.45) is 28.6 Å². The van der Waals surface area contributed by atoms with E-state index in [2.05, 4.69) is 20.8 Å². The molecule has 2 saturated carbocycles. The van der Waals surface area contributed by atoms with Crippen molar-refractivity contribution in [2.75, 3.05) is 54.9 Å². The fraction of sp³-hybridized carbons (Fsp3) is 1.00. The van der Waals surface area contributed by atoms with Crippen molar-refractivity contribution in [3.8, 4) is 0 Å². The fourth-order valence-electron chi connectivity index (χ4n) is 6.03. The van der Waals surface area contributed by atoms with E-state index in [0.717, 1.165) is 44.2 Å². The largest absolute Gasteiger partial charge is 0.384 e. The predicted molar refractivity (Wildman–Crippen MR) is 131 cm³/mol. The predicted octanol–water partition coefficient (Wildman–Crippen LogP) is 6.76. The van der Waals surface area contributed by atoms with Crippen molar-refractivity contribution in [2.45, 2.75) is 91.4 Å². The lowest BCUT2D eigenvalue weighted by molar-refractivity contribution is 0.00162. The lowest BCUT2D eigenvalue weighted by atomic mass is 9.74. The van der Waals surface area contributed by atoms with Gasteiger partial charge in [0.2, 0.25) is 0 Å². The molecule has 4 heteroatoms. The van der Waals surface area contributed by atoms with Crippen LogP contribution in [-0.2, 0) is 18.9 Å². The minimum Gasteiger partial charge on any atom is -0.384 e. The molecule has 2 fully saturated rings. The Balaban J connectivity index is 0.000000311. The summed E-state index contributed by atoms with van der Waals surface area (Å²) in [5.74, 6) is 2.72. The van der Waals surface area contributed by atoms with Gasteiger partial charge >= 0.3 is 0 Å². The topological polar surface area (TPSA) is 36.9 Å². The molecule has 2 aliphatic rings. The summed E-state index contributed by atoms with van der Waals surface area (Å²) in [6, 6.07) is 0. The summed E-state index contributed by atoms with van der Waals surface area (Å²) in [5.41, 5.74) is 0.417. The van der Waals surface area contributed by atoms with Gasteiger partial charge in [-0.3, -0.25) is 0 Å². The zero-order valence-corrected chi connectivity index (χ0v) is 22.0. The number of methoxy groups -OCH3 is 4. The lowest BCUT2D eigenvalue weighted by Gasteiger charge is -2.35. The van der Waals surface area contributed by atoms with Crippen LogP contribution in [0.15, 0.2) is 0 Å². The molecule has 0 bridgehead atoms. The van der Waals surface area contributed by atoms with Crippen molar-refractivity contribution >= 4 is 0 Å². The summed E-state index contributed by atoms with van der Waals surface area (Å²) >= 11 is 0. The Kier molecular flexibility index (Phi) is 14.6. The standard InChI is InChI=1S/C14H28O2.C13H26O2/c1-12-5-7-13(8-6-12)9-14(2,10-15-3)11-16-4;1-13(10-14-2,11-15-3)9-12-7-5-4-6-8-12/h12-13H,5-11H2,1-4H3;12H,4-11H2,1-3H3. The van der Waals surface area contributed by atoms with Crippen LogP contribution in [0, 0.1) is 28.6 Å². The summed E-state index contributed by atoms with van der Waals surface area (Å²) in [6.45, 7) is 10.2. The van der Waals surface area contributed by atoms with Crippen molar-refractivity contribution in [3.63, 3.8) is 0 Å². The van der Waals surface area contributed by atoms with E-state index >= 15 is 0 Å². The number of hydrogen-bond donors (Lipinski definition) is 0. The van der Waals surface area contributed by atoms with Crippen LogP contribution in [0.4, 0.5) is 0 Å². The fourth-order valence-corrected chi connectivity index (χ4v) is 6.03. The summed E-state index contributed by atoms with van der Waals surface area (Å²) in [6.07, 6.45) is 15.2. The summed E-state index contributed by atoms with van der Waals surface area (Å²) in [4.78, 5) is 0. The quantitative estimate of drug-likeness (QED) is 0.335. The third-order valence-corrected chi connectivity index (χ3v) is 7.39. The third-order valence-electron chi connectivity index (χ3n) is 7.39. The molecule has 2 aliphatic carbocycles. The zero-order chi connectivity index (χ0) is 23.2. The van der Waals surface area contributed by atoms with Gasteiger partial charge in [-0.15, -0.1) is 0 Å². The summed E-state index contributed by atoms with van der Waals surface area (Å²) < 4.78 is 21.3. The van der Waals surface area contributed by atoms with Crippen molar-refractivity contribution in [3.05, 3.63) is 0 Å². The first-order chi connectivity index (χ1) is 14.8. The summed E-state index contributed by atoms with van der Waals surface area (Å²) in [5, 5.41) is 0. The van der Waals surface area contributed by atoms with Crippen molar-refractivity contribution in [1.29, 1.82) is 0 Å². The van der Waals surface area contributed by atoms with Gasteiger partial charge in [0, 0.05) is 39.3 Å². The number of hydrogen-bond acceptors (Lipinski definition) is 4. The first-order valence-corrected chi connectivity index (χ1v) is 12.8. The molecule has 2 rings (SSSR count). The molecule has 0 radical (unpaired) electrons. The minimum atomic E-state index is 0.203. The van der Waals surface area contributed by atoms with Gasteiger partial charge in [0.25, 0.3) is 0 Å². The normalized spacial score (nSPS) is 23.3. The van der Waals surface area contributed by atoms with E-state index in [-0.39, 0.29) is 10.8 Å². The van der Waals surface area contributed by atoms with Gasteiger partial charge in [-0.1, -0.05) is 78.6 Å². The van der Waals surface area contributed by atoms with Gasteiger partial charge in [-0.05, 0) is 30.6 Å². The first-order valence-electron chi connectivity index (χ1n) is 12.8. The molecule has 0 saturated heterocycles. The highest BCUT2D eigenvalue weighted by Gasteiger charge is 2.30. The van der Waals surface area contributed by atoms with Crippen LogP contribution in [0.25, 0.3) is 0 Å². The van der Waals surface area contributed by atoms with Gasteiger partial charge in [0.15, 0.2) is 0 Å². The van der Waals surface area contributed by atoms with Crippen LogP contribution < -0.4 is 0 Å². The van der Waals surface area contributed by atoms with Crippen LogP contribution in [0.5, 0.6) is 0 Å². The molecule has 4 nitrogen and oxygen atoms in total. The average Bonchev–Trinajstić information content (AvgIpc) is 2.71. The van der Waals surface area contributed by atoms with E-state index in [1.54, 1.807) is 28.4 Å². The molecule has 186 valence electrons. The van der Waals surface area contributed by atoms with E-state index in [1.165, 1.54) is 70.6 Å². The maximum absolute atomic E-state index is 5.34. The van der Waals surface area contributed by atoms with Crippen LogP contribution >= 0.6 is 0 Å². The maximum atomic E-state index is 5.34. The molecule has 0 aromatic heterocycles. The highest BCUT2D eigenvalue weighted by Crippen LogP contribution is 2.37. The van der Waals surface area contributed by atoms with Gasteiger partial charge in [0.1, 0.15) is 0 Å². The van der Waals surface area contributed by atoms with E-state index in [4.69, 9.17) is 18.9 Å². The van der Waals surface area contributed by atoms with Gasteiger partial charge in [-0.2, -0.15) is 0 Å². The second-order valence-corrected chi connectivity index (χ2v) is 11.4. The Morgan fingerprint density at radius 3 is 1.26 bits per heavy atom. The van der Waals surface area contributed by atoms with Crippen LogP contribution in [0.2, 0.25) is 0 Å². The molecule has 0 aromatic rings. The minimum absolute atomic E-state index is 0.203. The highest BCUT2D eigenvalue weighted by molar-refractivity contribution is 4.81. The van der Waals surface area contributed by atoms with Gasteiger partial charge < -0.3 is 18.9 Å². The molecule has 0 N–H and O–H groups in total. The van der Waals surface area contributed by atoms with E-state index in [9.17, 15) is 0 Å². The third kappa shape index (κ3) is 12.0. The lowest BCUT2D eigenvalue weighted by Crippen LogP contribution is -2.32. The average molecular weight is 443 g/mol. The van der Waals surface area contributed by atoms with Crippen LogP contribution in [0.3, 0.4) is 0 Å². The SMILES string of the molecule is COCC(C)(COC)CC1CCC(C)CC1.COCC(C)(COC)CC1CCCCC1. The van der Waals surface area contributed by atoms with E-state index in [0.29, 0.717) is 0 Å². The Hall–Kier alpha value is -0.160. The van der Waals surface area contributed by atoms with Crippen molar-refractivity contribution < 1.29 is 18.9 Å². The molecular formula is C27H54O4. The van der Waals surface area contributed by atoms with Crippen molar-refractivity contribution in [1.82, 2.24) is 0 Å². The number of ether oxygens (including phenoxy) is 4. The number of rotatable bonds is 12. The van der Waals surface area contributed by atoms with Gasteiger partial charge in [-0.25, -0.2) is 0 Å². The summed E-state index contributed by atoms with van der Waals surface area (Å²) in [7, 11) is 7.15. The molecule has 0 atom stereocenters. The van der Waals surface area contributed by atoms with Crippen LogP contribution in [0.1, 0.15) is 91.4 Å². The second kappa shape index (κ2) is 15.6. The maximum Gasteiger partial charge on any atom is 0.0538 e. The molecule has 0 amide bonds. The Morgan fingerprint density at radius 1 is 0.548 bits per heavy atom. The molecule has 0 unspecified atom stereocenters. The first kappa shape index (κ1) is 28.9. The van der Waals surface area contributed by atoms with Crippen LogP contribution in [-0.4, -0.2) is 54.9 Å². The Morgan fingerprint density at radius 2 is 0.903 bits per heavy atom. The highest BCUT2D eigenvalue weighted by atomic mass is 16.5. The molecular weight excluding hydrogens is 388 g/mol. The van der Waals surface area contributed by atoms with E-state index in [1.807, 2.05) is 0 Å². The molecule has 0 aromatic carbocycles. The molecule has 0 spiro atoms. The monoisotopic (exact) mass is 442 g/mol. The second-order valence-electron chi connectivity index (χ2n) is 11.4. The Bertz CT molecular complexity index is 413. The molecule has 0 heterocycles.